The molecule has 4 heterocycles. The van der Waals surface area contributed by atoms with E-state index >= 15 is 0 Å². The number of carbonyl (C=O) groups is 1. The molecule has 1 amide bonds. The standard InChI is InChI=1S/C18H24N4O3S2/c23-18(20-17-15-7-13-26-16(15)4-8-19-17)14-5-11-22(12-6-14)27(24,25)21-9-2-1-3-10-21/h4,7-8,13-14H,1-3,5-6,9-12H2,(H,19,20,23). The number of thiophene rings is 1. The van der Waals surface area contributed by atoms with E-state index in [0.29, 0.717) is 44.8 Å². The zero-order valence-electron chi connectivity index (χ0n) is 15.1. The van der Waals surface area contributed by atoms with Gasteiger partial charge in [0.2, 0.25) is 5.91 Å². The third kappa shape index (κ3) is 3.87. The van der Waals surface area contributed by atoms with Crippen LogP contribution in [0.2, 0.25) is 0 Å². The maximum Gasteiger partial charge on any atom is 0.281 e. The molecular weight excluding hydrogens is 384 g/mol. The van der Waals surface area contributed by atoms with E-state index in [9.17, 15) is 13.2 Å². The molecule has 0 atom stereocenters. The van der Waals surface area contributed by atoms with Crippen molar-refractivity contribution in [3.05, 3.63) is 23.7 Å². The van der Waals surface area contributed by atoms with E-state index in [4.69, 9.17) is 0 Å². The van der Waals surface area contributed by atoms with Gasteiger partial charge < -0.3 is 5.32 Å². The first-order chi connectivity index (χ1) is 13.1. The smallest absolute Gasteiger partial charge is 0.281 e. The first kappa shape index (κ1) is 18.8. The van der Waals surface area contributed by atoms with Crippen LogP contribution in [0.4, 0.5) is 5.82 Å². The molecule has 0 spiro atoms. The van der Waals surface area contributed by atoms with Crippen LogP contribution in [0.25, 0.3) is 10.1 Å². The first-order valence-electron chi connectivity index (χ1n) is 9.44. The van der Waals surface area contributed by atoms with E-state index in [1.54, 1.807) is 26.1 Å². The van der Waals surface area contributed by atoms with Crippen LogP contribution in [-0.4, -0.2) is 54.1 Å². The summed E-state index contributed by atoms with van der Waals surface area (Å²) < 4.78 is 29.8. The van der Waals surface area contributed by atoms with Gasteiger partial charge in [0.25, 0.3) is 10.2 Å². The van der Waals surface area contributed by atoms with Crippen molar-refractivity contribution in [1.29, 1.82) is 0 Å². The summed E-state index contributed by atoms with van der Waals surface area (Å²) in [5, 5.41) is 5.86. The number of carbonyl (C=O) groups excluding carboxylic acids is 1. The number of hydrogen-bond acceptors (Lipinski definition) is 5. The Morgan fingerprint density at radius 3 is 2.52 bits per heavy atom. The molecule has 2 fully saturated rings. The second-order valence-electron chi connectivity index (χ2n) is 7.12. The van der Waals surface area contributed by atoms with Gasteiger partial charge in [0.1, 0.15) is 5.82 Å². The molecular formula is C18H24N4O3S2. The lowest BCUT2D eigenvalue weighted by Crippen LogP contribution is -2.49. The van der Waals surface area contributed by atoms with Crippen LogP contribution in [0.3, 0.4) is 0 Å². The highest BCUT2D eigenvalue weighted by Crippen LogP contribution is 2.28. The van der Waals surface area contributed by atoms with Crippen LogP contribution < -0.4 is 5.32 Å². The third-order valence-electron chi connectivity index (χ3n) is 5.41. The second-order valence-corrected chi connectivity index (χ2v) is 10.00. The summed E-state index contributed by atoms with van der Waals surface area (Å²) in [6.07, 6.45) is 5.73. The Morgan fingerprint density at radius 2 is 1.78 bits per heavy atom. The Bertz CT molecular complexity index is 914. The summed E-state index contributed by atoms with van der Waals surface area (Å²) in [5.41, 5.74) is 0. The molecule has 9 heteroatoms. The van der Waals surface area contributed by atoms with Gasteiger partial charge in [-0.2, -0.15) is 17.0 Å². The third-order valence-corrected chi connectivity index (χ3v) is 8.33. The number of amides is 1. The molecule has 2 saturated heterocycles. The number of rotatable bonds is 4. The molecule has 0 aliphatic carbocycles. The van der Waals surface area contributed by atoms with Crippen molar-refractivity contribution in [2.24, 2.45) is 5.92 Å². The van der Waals surface area contributed by atoms with Gasteiger partial charge in [-0.3, -0.25) is 4.79 Å². The van der Waals surface area contributed by atoms with Crippen molar-refractivity contribution >= 4 is 43.4 Å². The van der Waals surface area contributed by atoms with Crippen molar-refractivity contribution < 1.29 is 13.2 Å². The second kappa shape index (κ2) is 7.83. The van der Waals surface area contributed by atoms with Gasteiger partial charge in [-0.25, -0.2) is 4.98 Å². The summed E-state index contributed by atoms with van der Waals surface area (Å²) in [4.78, 5) is 17.0. The van der Waals surface area contributed by atoms with E-state index in [1.165, 1.54) is 0 Å². The zero-order chi connectivity index (χ0) is 18.9. The fraction of sp³-hybridized carbons (Fsp3) is 0.556. The lowest BCUT2D eigenvalue weighted by molar-refractivity contribution is -0.120. The van der Waals surface area contributed by atoms with Gasteiger partial charge in [0, 0.05) is 48.4 Å². The molecule has 27 heavy (non-hydrogen) atoms. The van der Waals surface area contributed by atoms with Gasteiger partial charge in [0.15, 0.2) is 0 Å². The predicted molar refractivity (Wildman–Crippen MR) is 107 cm³/mol. The molecule has 0 aromatic carbocycles. The molecule has 7 nitrogen and oxygen atoms in total. The number of anilines is 1. The molecule has 146 valence electrons. The number of hydrogen-bond donors (Lipinski definition) is 1. The van der Waals surface area contributed by atoms with Crippen LogP contribution in [0, 0.1) is 5.92 Å². The average molecular weight is 409 g/mol. The largest absolute Gasteiger partial charge is 0.310 e. The van der Waals surface area contributed by atoms with Gasteiger partial charge in [-0.1, -0.05) is 6.42 Å². The summed E-state index contributed by atoms with van der Waals surface area (Å²) in [5.74, 6) is 0.326. The Balaban J connectivity index is 1.37. The van der Waals surface area contributed by atoms with Crippen LogP contribution in [0.15, 0.2) is 23.7 Å². The number of piperidine rings is 2. The summed E-state index contributed by atoms with van der Waals surface area (Å²) in [6, 6.07) is 3.88. The van der Waals surface area contributed by atoms with E-state index in [0.717, 1.165) is 29.3 Å². The molecule has 0 unspecified atom stereocenters. The van der Waals surface area contributed by atoms with E-state index in [1.807, 2.05) is 17.5 Å². The molecule has 2 aliphatic heterocycles. The normalized spacial score (nSPS) is 20.7. The Morgan fingerprint density at radius 1 is 1.07 bits per heavy atom. The molecule has 0 bridgehead atoms. The highest BCUT2D eigenvalue weighted by Gasteiger charge is 2.35. The highest BCUT2D eigenvalue weighted by atomic mass is 32.2. The molecule has 2 aromatic rings. The fourth-order valence-corrected chi connectivity index (χ4v) is 6.32. The number of nitrogens with one attached hydrogen (secondary N) is 1. The summed E-state index contributed by atoms with van der Waals surface area (Å²) in [6.45, 7) is 2.01. The average Bonchev–Trinajstić information content (AvgIpc) is 3.19. The fourth-order valence-electron chi connectivity index (χ4n) is 3.82. The number of aromatic nitrogens is 1. The van der Waals surface area contributed by atoms with Crippen LogP contribution in [0.5, 0.6) is 0 Å². The Labute approximate surface area is 163 Å². The monoisotopic (exact) mass is 408 g/mol. The van der Waals surface area contributed by atoms with Gasteiger partial charge in [-0.15, -0.1) is 11.3 Å². The Hall–Kier alpha value is -1.55. The minimum absolute atomic E-state index is 0.0729. The van der Waals surface area contributed by atoms with Crippen molar-refractivity contribution in [3.63, 3.8) is 0 Å². The SMILES string of the molecule is O=C(Nc1nccc2sccc12)C1CCN(S(=O)(=O)N2CCCCC2)CC1. The topological polar surface area (TPSA) is 82.6 Å². The molecule has 0 saturated carbocycles. The van der Waals surface area contributed by atoms with Gasteiger partial charge in [0.05, 0.1) is 0 Å². The maximum atomic E-state index is 12.8. The molecule has 0 radical (unpaired) electrons. The van der Waals surface area contributed by atoms with Gasteiger partial charge in [-0.05, 0) is 43.2 Å². The Kier molecular flexibility index (Phi) is 5.45. The van der Waals surface area contributed by atoms with Crippen molar-refractivity contribution in [3.8, 4) is 0 Å². The number of fused-ring (bicyclic) bond motifs is 1. The molecule has 2 aromatic heterocycles. The minimum atomic E-state index is -3.39. The number of pyridine rings is 1. The lowest BCUT2D eigenvalue weighted by Gasteiger charge is -2.35. The van der Waals surface area contributed by atoms with Gasteiger partial charge >= 0.3 is 0 Å². The highest BCUT2D eigenvalue weighted by molar-refractivity contribution is 7.86. The maximum absolute atomic E-state index is 12.8. The zero-order valence-corrected chi connectivity index (χ0v) is 16.8. The van der Waals surface area contributed by atoms with Crippen LogP contribution >= 0.6 is 11.3 Å². The predicted octanol–water partition coefficient (Wildman–Crippen LogP) is 2.68. The van der Waals surface area contributed by atoms with Crippen molar-refractivity contribution in [2.75, 3.05) is 31.5 Å². The first-order valence-corrected chi connectivity index (χ1v) is 11.7. The number of nitrogens with zero attached hydrogens (tertiary/aromatic N) is 3. The summed E-state index contributed by atoms with van der Waals surface area (Å²) >= 11 is 1.61. The van der Waals surface area contributed by atoms with Crippen molar-refractivity contribution in [1.82, 2.24) is 13.6 Å². The lowest BCUT2D eigenvalue weighted by atomic mass is 9.97. The van der Waals surface area contributed by atoms with E-state index in [-0.39, 0.29) is 11.8 Å². The van der Waals surface area contributed by atoms with E-state index < -0.39 is 10.2 Å². The summed E-state index contributed by atoms with van der Waals surface area (Å²) in [7, 11) is -3.39. The molecule has 2 aliphatic rings. The molecule has 4 rings (SSSR count). The van der Waals surface area contributed by atoms with Crippen molar-refractivity contribution in [2.45, 2.75) is 32.1 Å². The molecule has 1 N–H and O–H groups in total. The minimum Gasteiger partial charge on any atom is -0.310 e. The van der Waals surface area contributed by atoms with Crippen LogP contribution in [-0.2, 0) is 15.0 Å². The quantitative estimate of drug-likeness (QED) is 0.843. The van der Waals surface area contributed by atoms with E-state index in [2.05, 4.69) is 10.3 Å². The van der Waals surface area contributed by atoms with Crippen LogP contribution in [0.1, 0.15) is 32.1 Å².